The molecule has 1 saturated heterocycles. The summed E-state index contributed by atoms with van der Waals surface area (Å²) in [6.07, 6.45) is 34.9. The highest BCUT2D eigenvalue weighted by Crippen LogP contribution is 2.20. The van der Waals surface area contributed by atoms with E-state index in [-0.39, 0.29) is 12.1 Å². The topological polar surface area (TPSA) is 26.3 Å². The van der Waals surface area contributed by atoms with Gasteiger partial charge in [0.05, 0.1) is 6.42 Å². The predicted octanol–water partition coefficient (Wildman–Crippen LogP) is 9.68. The summed E-state index contributed by atoms with van der Waals surface area (Å²) >= 11 is 0. The molecule has 1 aliphatic rings. The van der Waals surface area contributed by atoms with Gasteiger partial charge in [0.1, 0.15) is 6.10 Å². The van der Waals surface area contributed by atoms with E-state index in [1.54, 1.807) is 0 Å². The SMILES string of the molecule is CCCCCCCCCCCCCCCCCCCCCCCCCC1CC(=O)O1. The standard InChI is InChI=1S/C28H54O2/c1-2-3-4-5-6-7-8-9-10-11-12-13-14-15-16-17-18-19-20-21-22-23-24-25-27-26-28(29)30-27/h27H,2-26H2,1H3. The van der Waals surface area contributed by atoms with Gasteiger partial charge in [-0.3, -0.25) is 4.79 Å². The summed E-state index contributed by atoms with van der Waals surface area (Å²) in [5, 5.41) is 0. The molecule has 1 heterocycles. The minimum absolute atomic E-state index is 0.00548. The quantitative estimate of drug-likeness (QED) is 0.114. The van der Waals surface area contributed by atoms with E-state index in [9.17, 15) is 4.79 Å². The van der Waals surface area contributed by atoms with E-state index in [1.807, 2.05) is 0 Å². The molecule has 0 radical (unpaired) electrons. The lowest BCUT2D eigenvalue weighted by atomic mass is 10.0. The lowest BCUT2D eigenvalue weighted by molar-refractivity contribution is -0.169. The van der Waals surface area contributed by atoms with Gasteiger partial charge in [-0.05, 0) is 12.8 Å². The van der Waals surface area contributed by atoms with Crippen molar-refractivity contribution in [2.24, 2.45) is 0 Å². The van der Waals surface area contributed by atoms with Crippen LogP contribution in [0.4, 0.5) is 0 Å². The minimum atomic E-state index is -0.00548. The van der Waals surface area contributed by atoms with Crippen LogP contribution in [0.25, 0.3) is 0 Å². The number of unbranched alkanes of at least 4 members (excludes halogenated alkanes) is 22. The van der Waals surface area contributed by atoms with Crippen molar-refractivity contribution in [3.05, 3.63) is 0 Å². The molecule has 0 spiro atoms. The van der Waals surface area contributed by atoms with Gasteiger partial charge in [-0.25, -0.2) is 0 Å². The van der Waals surface area contributed by atoms with E-state index in [0.29, 0.717) is 6.42 Å². The largest absolute Gasteiger partial charge is 0.462 e. The molecule has 0 aliphatic carbocycles. The fraction of sp³-hybridized carbons (Fsp3) is 0.964. The third-order valence-corrected chi connectivity index (χ3v) is 6.82. The fourth-order valence-corrected chi connectivity index (χ4v) is 4.68. The van der Waals surface area contributed by atoms with Gasteiger partial charge < -0.3 is 4.74 Å². The normalized spacial score (nSPS) is 15.9. The number of carbonyl (C=O) groups is 1. The lowest BCUT2D eigenvalue weighted by Gasteiger charge is -2.25. The Hall–Kier alpha value is -0.530. The van der Waals surface area contributed by atoms with Crippen molar-refractivity contribution >= 4 is 5.97 Å². The van der Waals surface area contributed by atoms with Crippen LogP contribution in [0.2, 0.25) is 0 Å². The highest BCUT2D eigenvalue weighted by molar-refractivity contribution is 5.75. The van der Waals surface area contributed by atoms with Crippen molar-refractivity contribution in [3.8, 4) is 0 Å². The third-order valence-electron chi connectivity index (χ3n) is 6.82. The second kappa shape index (κ2) is 21.7. The molecule has 1 fully saturated rings. The zero-order valence-corrected chi connectivity index (χ0v) is 20.6. The average molecular weight is 423 g/mol. The summed E-state index contributed by atoms with van der Waals surface area (Å²) in [5.41, 5.74) is 0. The average Bonchev–Trinajstić information content (AvgIpc) is 2.72. The molecule has 178 valence electrons. The Morgan fingerprint density at radius 3 is 1.07 bits per heavy atom. The van der Waals surface area contributed by atoms with Gasteiger partial charge >= 0.3 is 5.97 Å². The van der Waals surface area contributed by atoms with Crippen LogP contribution in [-0.4, -0.2) is 12.1 Å². The molecule has 30 heavy (non-hydrogen) atoms. The summed E-state index contributed by atoms with van der Waals surface area (Å²) in [7, 11) is 0. The Morgan fingerprint density at radius 2 is 0.800 bits per heavy atom. The summed E-state index contributed by atoms with van der Waals surface area (Å²) in [6, 6.07) is 0. The van der Waals surface area contributed by atoms with Crippen LogP contribution in [0.1, 0.15) is 167 Å². The Morgan fingerprint density at radius 1 is 0.533 bits per heavy atom. The van der Waals surface area contributed by atoms with Gasteiger partial charge in [-0.15, -0.1) is 0 Å². The van der Waals surface area contributed by atoms with Gasteiger partial charge in [0, 0.05) is 0 Å². The first-order chi connectivity index (χ1) is 14.8. The van der Waals surface area contributed by atoms with Crippen LogP contribution in [0.5, 0.6) is 0 Å². The van der Waals surface area contributed by atoms with Crippen molar-refractivity contribution in [2.75, 3.05) is 0 Å². The number of cyclic esters (lactones) is 1. The molecule has 1 aliphatic heterocycles. The minimum Gasteiger partial charge on any atom is -0.462 e. The first-order valence-corrected chi connectivity index (χ1v) is 14.0. The van der Waals surface area contributed by atoms with E-state index in [2.05, 4.69) is 6.92 Å². The van der Waals surface area contributed by atoms with Gasteiger partial charge in [-0.2, -0.15) is 0 Å². The molecule has 0 amide bonds. The van der Waals surface area contributed by atoms with Crippen molar-refractivity contribution < 1.29 is 9.53 Å². The summed E-state index contributed by atoms with van der Waals surface area (Å²) in [4.78, 5) is 10.7. The Labute approximate surface area is 189 Å². The maximum absolute atomic E-state index is 10.7. The van der Waals surface area contributed by atoms with Crippen molar-refractivity contribution in [1.82, 2.24) is 0 Å². The molecule has 0 bridgehead atoms. The fourth-order valence-electron chi connectivity index (χ4n) is 4.68. The zero-order valence-electron chi connectivity index (χ0n) is 20.6. The molecule has 0 aromatic carbocycles. The van der Waals surface area contributed by atoms with E-state index in [4.69, 9.17) is 4.74 Å². The number of ether oxygens (including phenoxy) is 1. The number of hydrogen-bond donors (Lipinski definition) is 0. The Bertz CT molecular complexity index is 358. The number of esters is 1. The summed E-state index contributed by atoms with van der Waals surface area (Å²) in [5.74, 6) is -0.00548. The molecular formula is C28H54O2. The van der Waals surface area contributed by atoms with Gasteiger partial charge in [0.25, 0.3) is 0 Å². The third kappa shape index (κ3) is 18.3. The van der Waals surface area contributed by atoms with Gasteiger partial charge in [0.2, 0.25) is 0 Å². The molecule has 1 atom stereocenters. The predicted molar refractivity (Wildman–Crippen MR) is 131 cm³/mol. The molecule has 2 heteroatoms. The van der Waals surface area contributed by atoms with Gasteiger partial charge in [0.15, 0.2) is 0 Å². The van der Waals surface area contributed by atoms with Crippen molar-refractivity contribution in [2.45, 2.75) is 174 Å². The van der Waals surface area contributed by atoms with Crippen molar-refractivity contribution in [3.63, 3.8) is 0 Å². The summed E-state index contributed by atoms with van der Waals surface area (Å²) < 4.78 is 5.05. The van der Waals surface area contributed by atoms with E-state index >= 15 is 0 Å². The second-order valence-corrected chi connectivity index (χ2v) is 9.88. The monoisotopic (exact) mass is 422 g/mol. The molecule has 0 aromatic heterocycles. The Balaban J connectivity index is 1.61. The van der Waals surface area contributed by atoms with E-state index in [0.717, 1.165) is 6.42 Å². The first-order valence-electron chi connectivity index (χ1n) is 14.0. The number of carbonyl (C=O) groups excluding carboxylic acids is 1. The lowest BCUT2D eigenvalue weighted by Crippen LogP contribution is -2.32. The molecule has 2 nitrogen and oxygen atoms in total. The first kappa shape index (κ1) is 27.5. The summed E-state index contributed by atoms with van der Waals surface area (Å²) in [6.45, 7) is 2.30. The number of hydrogen-bond acceptors (Lipinski definition) is 2. The van der Waals surface area contributed by atoms with Crippen LogP contribution < -0.4 is 0 Å². The number of rotatable bonds is 24. The second-order valence-electron chi connectivity index (χ2n) is 9.88. The van der Waals surface area contributed by atoms with E-state index < -0.39 is 0 Å². The van der Waals surface area contributed by atoms with Gasteiger partial charge in [-0.1, -0.05) is 148 Å². The van der Waals surface area contributed by atoms with E-state index in [1.165, 1.54) is 148 Å². The smallest absolute Gasteiger partial charge is 0.309 e. The maximum Gasteiger partial charge on any atom is 0.309 e. The molecule has 1 unspecified atom stereocenters. The zero-order chi connectivity index (χ0) is 21.5. The van der Waals surface area contributed by atoms with Crippen molar-refractivity contribution in [1.29, 1.82) is 0 Å². The Kier molecular flexibility index (Phi) is 19.9. The maximum atomic E-state index is 10.7. The van der Waals surface area contributed by atoms with Crippen LogP contribution >= 0.6 is 0 Å². The molecule has 0 N–H and O–H groups in total. The molecule has 0 saturated carbocycles. The molecule has 1 rings (SSSR count). The highest BCUT2D eigenvalue weighted by Gasteiger charge is 2.27. The molecular weight excluding hydrogens is 368 g/mol. The molecule has 0 aromatic rings. The van der Waals surface area contributed by atoms with Crippen LogP contribution in [-0.2, 0) is 9.53 Å². The highest BCUT2D eigenvalue weighted by atomic mass is 16.6. The van der Waals surface area contributed by atoms with Crippen LogP contribution in [0, 0.1) is 0 Å². The van der Waals surface area contributed by atoms with Crippen LogP contribution in [0.3, 0.4) is 0 Å². The van der Waals surface area contributed by atoms with Crippen LogP contribution in [0.15, 0.2) is 0 Å².